The smallest absolute Gasteiger partial charge is 0.481 e. The van der Waals surface area contributed by atoms with Gasteiger partial charge in [-0.15, -0.1) is 13.2 Å². The predicted octanol–water partition coefficient (Wildman–Crippen LogP) is 2.75. The Bertz CT molecular complexity index is 446. The zero-order valence-corrected chi connectivity index (χ0v) is 9.49. The second kappa shape index (κ2) is 5.16. The fourth-order valence-electron chi connectivity index (χ4n) is 1.61. The summed E-state index contributed by atoms with van der Waals surface area (Å²) in [4.78, 5) is 11.0. The van der Waals surface area contributed by atoms with Crippen molar-refractivity contribution in [3.8, 4) is 5.75 Å². The van der Waals surface area contributed by atoms with E-state index in [1.54, 1.807) is 6.92 Å². The molecule has 1 unspecified atom stereocenters. The number of benzene rings is 1. The first-order chi connectivity index (χ1) is 8.26. The van der Waals surface area contributed by atoms with Crippen molar-refractivity contribution < 1.29 is 27.8 Å². The molecule has 1 rings (SSSR count). The molecule has 0 bridgehead atoms. The lowest BCUT2D eigenvalue weighted by molar-refractivity contribution is -0.274. The highest BCUT2D eigenvalue weighted by Gasteiger charge is 2.33. The number of aliphatic carboxylic acids is 1. The molecule has 7 heteroatoms. The van der Waals surface area contributed by atoms with Gasteiger partial charge in [0.05, 0.1) is 11.6 Å². The fourth-order valence-corrected chi connectivity index (χ4v) is 1.61. The molecule has 0 amide bonds. The van der Waals surface area contributed by atoms with Gasteiger partial charge in [-0.25, -0.2) is 0 Å². The van der Waals surface area contributed by atoms with E-state index < -0.39 is 24.0 Å². The summed E-state index contributed by atoms with van der Waals surface area (Å²) in [5.41, 5.74) is 5.33. The summed E-state index contributed by atoms with van der Waals surface area (Å²) in [6, 6.07) is 3.69. The topological polar surface area (TPSA) is 72.5 Å². The Kier molecular flexibility index (Phi) is 4.05. The van der Waals surface area contributed by atoms with E-state index in [-0.39, 0.29) is 17.7 Å². The van der Waals surface area contributed by atoms with Crippen molar-refractivity contribution in [3.05, 3.63) is 23.8 Å². The summed E-state index contributed by atoms with van der Waals surface area (Å²) in [7, 11) is 0. The lowest BCUT2D eigenvalue weighted by Gasteiger charge is -2.17. The summed E-state index contributed by atoms with van der Waals surface area (Å²) in [5.74, 6) is -2.69. The van der Waals surface area contributed by atoms with Gasteiger partial charge in [0.15, 0.2) is 5.75 Å². The van der Waals surface area contributed by atoms with Gasteiger partial charge in [-0.2, -0.15) is 0 Å². The van der Waals surface area contributed by atoms with E-state index in [1.165, 1.54) is 12.1 Å². The van der Waals surface area contributed by atoms with E-state index in [1.807, 2.05) is 0 Å². The molecule has 0 spiro atoms. The van der Waals surface area contributed by atoms with Gasteiger partial charge in [-0.1, -0.05) is 19.1 Å². The Labute approximate surface area is 101 Å². The normalized spacial score (nSPS) is 13.1. The molecular formula is C11H12F3NO3. The molecule has 1 atom stereocenters. The van der Waals surface area contributed by atoms with E-state index in [4.69, 9.17) is 10.8 Å². The summed E-state index contributed by atoms with van der Waals surface area (Å²) < 4.78 is 40.0. The molecule has 100 valence electrons. The van der Waals surface area contributed by atoms with Crippen LogP contribution in [0.25, 0.3) is 0 Å². The molecule has 4 nitrogen and oxygen atoms in total. The molecule has 0 aliphatic rings. The van der Waals surface area contributed by atoms with E-state index in [9.17, 15) is 18.0 Å². The third-order valence-electron chi connectivity index (χ3n) is 2.41. The number of carboxylic acid groups (broad SMARTS) is 1. The van der Waals surface area contributed by atoms with Crippen LogP contribution >= 0.6 is 0 Å². The van der Waals surface area contributed by atoms with E-state index in [0.717, 1.165) is 6.07 Å². The van der Waals surface area contributed by atoms with Gasteiger partial charge < -0.3 is 15.6 Å². The highest BCUT2D eigenvalue weighted by Crippen LogP contribution is 2.35. The highest BCUT2D eigenvalue weighted by molar-refractivity contribution is 5.79. The lowest BCUT2D eigenvalue weighted by Crippen LogP contribution is -2.19. The van der Waals surface area contributed by atoms with Crippen LogP contribution < -0.4 is 10.5 Å². The quantitative estimate of drug-likeness (QED) is 0.819. The van der Waals surface area contributed by atoms with Crippen LogP contribution in [0, 0.1) is 0 Å². The number of nitrogen functional groups attached to an aromatic ring is 1. The van der Waals surface area contributed by atoms with Gasteiger partial charge in [0.2, 0.25) is 0 Å². The lowest BCUT2D eigenvalue weighted by atomic mass is 9.95. The number of ether oxygens (including phenoxy) is 1. The second-order valence-electron chi connectivity index (χ2n) is 3.61. The van der Waals surface area contributed by atoms with Crippen molar-refractivity contribution in [1.82, 2.24) is 0 Å². The monoisotopic (exact) mass is 263 g/mol. The molecule has 0 saturated heterocycles. The molecule has 0 fully saturated rings. The number of hydrogen-bond donors (Lipinski definition) is 2. The third-order valence-corrected chi connectivity index (χ3v) is 2.41. The van der Waals surface area contributed by atoms with Crippen molar-refractivity contribution in [2.75, 3.05) is 5.73 Å². The van der Waals surface area contributed by atoms with Crippen LogP contribution in [0.3, 0.4) is 0 Å². The van der Waals surface area contributed by atoms with Crippen molar-refractivity contribution in [1.29, 1.82) is 0 Å². The second-order valence-corrected chi connectivity index (χ2v) is 3.61. The SMILES string of the molecule is CCC(C(=O)O)c1cccc(OC(F)(F)F)c1N. The Balaban J connectivity index is 3.16. The van der Waals surface area contributed by atoms with Gasteiger partial charge >= 0.3 is 12.3 Å². The number of para-hydroxylation sites is 1. The van der Waals surface area contributed by atoms with E-state index in [2.05, 4.69) is 4.74 Å². The minimum atomic E-state index is -4.86. The van der Waals surface area contributed by atoms with Crippen molar-refractivity contribution >= 4 is 11.7 Å². The van der Waals surface area contributed by atoms with Crippen LogP contribution in [0.15, 0.2) is 18.2 Å². The Morgan fingerprint density at radius 3 is 2.56 bits per heavy atom. The summed E-state index contributed by atoms with van der Waals surface area (Å²) >= 11 is 0. The van der Waals surface area contributed by atoms with Gasteiger partial charge in [-0.3, -0.25) is 4.79 Å². The number of hydrogen-bond acceptors (Lipinski definition) is 3. The zero-order valence-electron chi connectivity index (χ0n) is 9.49. The number of alkyl halides is 3. The molecule has 18 heavy (non-hydrogen) atoms. The standard InChI is InChI=1S/C11H12F3NO3/c1-2-6(10(16)17)7-4-3-5-8(9(7)15)18-11(12,13)14/h3-6H,2,15H2,1H3,(H,16,17). The largest absolute Gasteiger partial charge is 0.573 e. The number of carboxylic acids is 1. The average molecular weight is 263 g/mol. The molecule has 3 N–H and O–H groups in total. The number of anilines is 1. The van der Waals surface area contributed by atoms with Crippen molar-refractivity contribution in [2.24, 2.45) is 0 Å². The zero-order chi connectivity index (χ0) is 13.9. The predicted molar refractivity (Wildman–Crippen MR) is 58.2 cm³/mol. The molecule has 0 aromatic heterocycles. The Morgan fingerprint density at radius 2 is 2.11 bits per heavy atom. The van der Waals surface area contributed by atoms with E-state index in [0.29, 0.717) is 0 Å². The Hall–Kier alpha value is -1.92. The maximum absolute atomic E-state index is 12.1. The number of rotatable bonds is 4. The van der Waals surface area contributed by atoms with Crippen LogP contribution in [-0.2, 0) is 4.79 Å². The maximum atomic E-state index is 12.1. The number of carbonyl (C=O) groups is 1. The maximum Gasteiger partial charge on any atom is 0.573 e. The third kappa shape index (κ3) is 3.28. The summed E-state index contributed by atoms with van der Waals surface area (Å²) in [6.45, 7) is 1.61. The first-order valence-corrected chi connectivity index (χ1v) is 5.13. The summed E-state index contributed by atoms with van der Waals surface area (Å²) in [5, 5.41) is 8.96. The van der Waals surface area contributed by atoms with Crippen LogP contribution in [0.2, 0.25) is 0 Å². The van der Waals surface area contributed by atoms with Gasteiger partial charge in [0, 0.05) is 0 Å². The number of nitrogens with two attached hydrogens (primary N) is 1. The first-order valence-electron chi connectivity index (χ1n) is 5.13. The highest BCUT2D eigenvalue weighted by atomic mass is 19.4. The molecule has 0 aliphatic carbocycles. The average Bonchev–Trinajstić information content (AvgIpc) is 2.22. The van der Waals surface area contributed by atoms with Gasteiger partial charge in [-0.05, 0) is 18.1 Å². The molecule has 1 aromatic rings. The van der Waals surface area contributed by atoms with Gasteiger partial charge in [0.1, 0.15) is 0 Å². The Morgan fingerprint density at radius 1 is 1.50 bits per heavy atom. The molecule has 0 radical (unpaired) electrons. The van der Waals surface area contributed by atoms with Crippen molar-refractivity contribution in [3.63, 3.8) is 0 Å². The fraction of sp³-hybridized carbons (Fsp3) is 0.364. The minimum absolute atomic E-state index is 0.117. The van der Waals surface area contributed by atoms with Crippen LogP contribution in [0.5, 0.6) is 5.75 Å². The first kappa shape index (κ1) is 14.1. The van der Waals surface area contributed by atoms with Crippen LogP contribution in [0.1, 0.15) is 24.8 Å². The van der Waals surface area contributed by atoms with Crippen LogP contribution in [0.4, 0.5) is 18.9 Å². The minimum Gasteiger partial charge on any atom is -0.481 e. The van der Waals surface area contributed by atoms with Crippen LogP contribution in [-0.4, -0.2) is 17.4 Å². The molecule has 0 saturated carbocycles. The molecule has 1 aromatic carbocycles. The summed E-state index contributed by atoms with van der Waals surface area (Å²) in [6.07, 6.45) is -4.65. The van der Waals surface area contributed by atoms with Gasteiger partial charge in [0.25, 0.3) is 0 Å². The van der Waals surface area contributed by atoms with Crippen molar-refractivity contribution in [2.45, 2.75) is 25.6 Å². The number of halogens is 3. The molecule has 0 heterocycles. The molecular weight excluding hydrogens is 251 g/mol. The van der Waals surface area contributed by atoms with E-state index >= 15 is 0 Å². The molecule has 0 aliphatic heterocycles.